The first-order valence-electron chi connectivity index (χ1n) is 11.1. The second-order valence-corrected chi connectivity index (χ2v) is 8.52. The highest BCUT2D eigenvalue weighted by Gasteiger charge is 2.32. The largest absolute Gasteiger partial charge is 0.342 e. The first-order chi connectivity index (χ1) is 13.2. The minimum Gasteiger partial charge on any atom is -0.342 e. The Morgan fingerprint density at radius 2 is 1.59 bits per heavy atom. The molecule has 1 aliphatic carbocycles. The summed E-state index contributed by atoms with van der Waals surface area (Å²) >= 11 is 0. The minimum absolute atomic E-state index is 0.342. The van der Waals surface area contributed by atoms with E-state index >= 15 is 0 Å². The molecular formula is C24H35NO2. The van der Waals surface area contributed by atoms with Crippen LogP contribution < -0.4 is 0 Å². The van der Waals surface area contributed by atoms with Crippen LogP contribution in [0.3, 0.4) is 0 Å². The molecule has 3 heteroatoms. The lowest BCUT2D eigenvalue weighted by Crippen LogP contribution is -2.44. The first kappa shape index (κ1) is 20.1. The van der Waals surface area contributed by atoms with Gasteiger partial charge in [-0.15, -0.1) is 0 Å². The predicted octanol–water partition coefficient (Wildman–Crippen LogP) is 5.18. The van der Waals surface area contributed by atoms with Gasteiger partial charge in [0.15, 0.2) is 0 Å². The number of rotatable bonds is 9. The van der Waals surface area contributed by atoms with Crippen LogP contribution in [-0.2, 0) is 16.0 Å². The number of benzene rings is 1. The van der Waals surface area contributed by atoms with Gasteiger partial charge in [0.05, 0.1) is 0 Å². The van der Waals surface area contributed by atoms with E-state index in [-0.39, 0.29) is 0 Å². The maximum absolute atomic E-state index is 12.5. The highest BCUT2D eigenvalue weighted by Crippen LogP contribution is 2.36. The maximum atomic E-state index is 12.5. The van der Waals surface area contributed by atoms with Crippen LogP contribution in [0.1, 0.15) is 76.2 Å². The fourth-order valence-corrected chi connectivity index (χ4v) is 4.81. The van der Waals surface area contributed by atoms with Crippen molar-refractivity contribution in [3.05, 3.63) is 35.9 Å². The Kier molecular flexibility index (Phi) is 7.92. The molecule has 1 saturated heterocycles. The molecule has 0 bridgehead atoms. The number of ketones is 1. The Balaban J connectivity index is 1.24. The summed E-state index contributed by atoms with van der Waals surface area (Å²) in [5.41, 5.74) is 1.23. The van der Waals surface area contributed by atoms with Crippen LogP contribution in [0.5, 0.6) is 0 Å². The highest BCUT2D eigenvalue weighted by atomic mass is 16.2. The van der Waals surface area contributed by atoms with Crippen LogP contribution in [0.4, 0.5) is 0 Å². The molecule has 0 spiro atoms. The Hall–Kier alpha value is -1.64. The van der Waals surface area contributed by atoms with Gasteiger partial charge in [-0.3, -0.25) is 9.59 Å². The van der Waals surface area contributed by atoms with E-state index in [1.165, 1.54) is 37.7 Å². The standard InChI is InChI=1S/C24H35NO2/c26-23(16-15-20-9-3-1-4-10-20)13-5-2-6-14-24(27)25-18-17-21-11-7-8-12-22(21)19-25/h1,3-4,9-10,21-22H,2,5-8,11-19H2. The van der Waals surface area contributed by atoms with Crippen molar-refractivity contribution in [2.45, 2.75) is 77.0 Å². The quantitative estimate of drug-likeness (QED) is 0.563. The van der Waals surface area contributed by atoms with Gasteiger partial charge in [-0.2, -0.15) is 0 Å². The average Bonchev–Trinajstić information content (AvgIpc) is 2.72. The lowest BCUT2D eigenvalue weighted by molar-refractivity contribution is -0.134. The maximum Gasteiger partial charge on any atom is 0.222 e. The van der Waals surface area contributed by atoms with Gasteiger partial charge in [0, 0.05) is 32.4 Å². The number of amides is 1. The number of hydrogen-bond donors (Lipinski definition) is 0. The number of piperidine rings is 1. The molecule has 148 valence electrons. The Morgan fingerprint density at radius 3 is 2.41 bits per heavy atom. The highest BCUT2D eigenvalue weighted by molar-refractivity contribution is 5.78. The monoisotopic (exact) mass is 369 g/mol. The van der Waals surface area contributed by atoms with Crippen molar-refractivity contribution in [2.24, 2.45) is 11.8 Å². The molecule has 1 heterocycles. The lowest BCUT2D eigenvalue weighted by atomic mass is 9.75. The normalized spacial score (nSPS) is 22.3. The predicted molar refractivity (Wildman–Crippen MR) is 110 cm³/mol. The fraction of sp³-hybridized carbons (Fsp3) is 0.667. The molecule has 1 aromatic rings. The Labute approximate surface area is 164 Å². The molecule has 2 unspecified atom stereocenters. The third-order valence-electron chi connectivity index (χ3n) is 6.53. The first-order valence-corrected chi connectivity index (χ1v) is 11.1. The van der Waals surface area contributed by atoms with Crippen LogP contribution in [0, 0.1) is 11.8 Å². The van der Waals surface area contributed by atoms with Crippen LogP contribution in [-0.4, -0.2) is 29.7 Å². The van der Waals surface area contributed by atoms with Crippen molar-refractivity contribution in [2.75, 3.05) is 13.1 Å². The van der Waals surface area contributed by atoms with E-state index in [4.69, 9.17) is 0 Å². The Morgan fingerprint density at radius 1 is 0.852 bits per heavy atom. The molecule has 1 aromatic carbocycles. The topological polar surface area (TPSA) is 37.4 Å². The summed E-state index contributed by atoms with van der Waals surface area (Å²) in [5, 5.41) is 0. The van der Waals surface area contributed by atoms with Crippen molar-refractivity contribution in [3.63, 3.8) is 0 Å². The molecule has 0 N–H and O–H groups in total. The van der Waals surface area contributed by atoms with E-state index in [2.05, 4.69) is 17.0 Å². The minimum atomic E-state index is 0.342. The SMILES string of the molecule is O=C(CCCCCC(=O)N1CCC2CCCCC2C1)CCc1ccccc1. The summed E-state index contributed by atoms with van der Waals surface area (Å²) in [6.45, 7) is 1.97. The molecule has 1 amide bonds. The van der Waals surface area contributed by atoms with Gasteiger partial charge in [0.25, 0.3) is 0 Å². The van der Waals surface area contributed by atoms with Crippen LogP contribution in [0.25, 0.3) is 0 Å². The molecule has 2 aliphatic rings. The molecule has 2 fully saturated rings. The molecule has 3 rings (SSSR count). The number of Topliss-reactive ketones (excluding diaryl/α,β-unsaturated/α-hetero) is 1. The molecule has 2 atom stereocenters. The Bertz CT molecular complexity index is 598. The van der Waals surface area contributed by atoms with Gasteiger partial charge in [-0.05, 0) is 49.5 Å². The van der Waals surface area contributed by atoms with Crippen molar-refractivity contribution in [1.29, 1.82) is 0 Å². The van der Waals surface area contributed by atoms with Crippen molar-refractivity contribution < 1.29 is 9.59 Å². The lowest BCUT2D eigenvalue weighted by Gasteiger charge is -2.41. The van der Waals surface area contributed by atoms with E-state index in [1.54, 1.807) is 0 Å². The number of carbonyl (C=O) groups is 2. The molecule has 0 aromatic heterocycles. The fourth-order valence-electron chi connectivity index (χ4n) is 4.81. The van der Waals surface area contributed by atoms with Crippen LogP contribution in [0.2, 0.25) is 0 Å². The van der Waals surface area contributed by atoms with Crippen LogP contribution in [0.15, 0.2) is 30.3 Å². The average molecular weight is 370 g/mol. The zero-order valence-electron chi connectivity index (χ0n) is 16.7. The molecule has 27 heavy (non-hydrogen) atoms. The number of carbonyl (C=O) groups excluding carboxylic acids is 2. The molecule has 1 aliphatic heterocycles. The summed E-state index contributed by atoms with van der Waals surface area (Å²) < 4.78 is 0. The van der Waals surface area contributed by atoms with E-state index < -0.39 is 0 Å². The third kappa shape index (κ3) is 6.48. The summed E-state index contributed by atoms with van der Waals surface area (Å²) in [6.07, 6.45) is 12.3. The van der Waals surface area contributed by atoms with E-state index in [0.29, 0.717) is 31.0 Å². The number of fused-ring (bicyclic) bond motifs is 1. The third-order valence-corrected chi connectivity index (χ3v) is 6.53. The molecular weight excluding hydrogens is 334 g/mol. The van der Waals surface area contributed by atoms with Gasteiger partial charge >= 0.3 is 0 Å². The number of nitrogens with zero attached hydrogens (tertiary/aromatic N) is 1. The smallest absolute Gasteiger partial charge is 0.222 e. The van der Waals surface area contributed by atoms with Gasteiger partial charge in [-0.25, -0.2) is 0 Å². The van der Waals surface area contributed by atoms with E-state index in [0.717, 1.165) is 50.6 Å². The number of hydrogen-bond acceptors (Lipinski definition) is 2. The summed E-state index contributed by atoms with van der Waals surface area (Å²) in [6, 6.07) is 10.2. The summed E-state index contributed by atoms with van der Waals surface area (Å²) in [5.74, 6) is 2.34. The number of aryl methyl sites for hydroxylation is 1. The second-order valence-electron chi connectivity index (χ2n) is 8.52. The second kappa shape index (κ2) is 10.6. The van der Waals surface area contributed by atoms with Crippen molar-refractivity contribution in [1.82, 2.24) is 4.90 Å². The van der Waals surface area contributed by atoms with Crippen LogP contribution >= 0.6 is 0 Å². The van der Waals surface area contributed by atoms with E-state index in [9.17, 15) is 9.59 Å². The van der Waals surface area contributed by atoms with Gasteiger partial charge < -0.3 is 4.90 Å². The van der Waals surface area contributed by atoms with Crippen molar-refractivity contribution in [3.8, 4) is 0 Å². The van der Waals surface area contributed by atoms with Gasteiger partial charge in [0.1, 0.15) is 5.78 Å². The molecule has 1 saturated carbocycles. The van der Waals surface area contributed by atoms with Crippen molar-refractivity contribution >= 4 is 11.7 Å². The number of unbranched alkanes of at least 4 members (excludes halogenated alkanes) is 2. The number of likely N-dealkylation sites (tertiary alicyclic amines) is 1. The van der Waals surface area contributed by atoms with Gasteiger partial charge in [-0.1, -0.05) is 56.0 Å². The summed E-state index contributed by atoms with van der Waals surface area (Å²) in [4.78, 5) is 26.6. The molecule has 0 radical (unpaired) electrons. The molecule has 3 nitrogen and oxygen atoms in total. The van der Waals surface area contributed by atoms with Gasteiger partial charge in [0.2, 0.25) is 5.91 Å². The zero-order chi connectivity index (χ0) is 18.9. The zero-order valence-corrected chi connectivity index (χ0v) is 16.7. The summed E-state index contributed by atoms with van der Waals surface area (Å²) in [7, 11) is 0. The van der Waals surface area contributed by atoms with E-state index in [1.807, 2.05) is 18.2 Å².